The van der Waals surface area contributed by atoms with Crippen molar-refractivity contribution in [2.45, 2.75) is 90.3 Å². The molecule has 1 saturated carbocycles. The zero-order valence-electron chi connectivity index (χ0n) is 22.0. The van der Waals surface area contributed by atoms with Crippen molar-refractivity contribution < 1.29 is 28.0 Å². The summed E-state index contributed by atoms with van der Waals surface area (Å²) in [6.45, 7) is 7.67. The fraction of sp³-hybridized carbons (Fsp3) is 0.607. The SMILES string of the molecule is CC1(C)CC(C)(C)CC(O)(C(F)(F)C(=O)N2CCC[C@H]2c2cc(CNC(=O)Cc3ccccc3)on2)C1. The molecule has 2 N–H and O–H groups in total. The molecular weight excluding hydrogens is 480 g/mol. The van der Waals surface area contributed by atoms with Crippen molar-refractivity contribution in [3.05, 3.63) is 53.4 Å². The van der Waals surface area contributed by atoms with Gasteiger partial charge in [-0.25, -0.2) is 0 Å². The molecule has 1 saturated heterocycles. The number of aromatic nitrogens is 1. The number of alkyl halides is 2. The van der Waals surface area contributed by atoms with Crippen LogP contribution in [0.25, 0.3) is 0 Å². The maximum Gasteiger partial charge on any atom is 0.352 e. The highest BCUT2D eigenvalue weighted by molar-refractivity contribution is 5.85. The Kier molecular flexibility index (Phi) is 7.22. The van der Waals surface area contributed by atoms with Gasteiger partial charge in [-0.05, 0) is 48.5 Å². The number of hydrogen-bond donors (Lipinski definition) is 2. The van der Waals surface area contributed by atoms with E-state index in [9.17, 15) is 14.7 Å². The lowest BCUT2D eigenvalue weighted by atomic mass is 9.58. The van der Waals surface area contributed by atoms with E-state index in [-0.39, 0.29) is 38.3 Å². The quantitative estimate of drug-likeness (QED) is 0.550. The van der Waals surface area contributed by atoms with Crippen LogP contribution in [0.15, 0.2) is 40.9 Å². The summed E-state index contributed by atoms with van der Waals surface area (Å²) in [5.74, 6) is -5.13. The van der Waals surface area contributed by atoms with E-state index in [4.69, 9.17) is 4.52 Å². The highest BCUT2D eigenvalue weighted by atomic mass is 19.3. The van der Waals surface area contributed by atoms with Crippen LogP contribution in [-0.4, -0.2) is 45.0 Å². The van der Waals surface area contributed by atoms with Crippen LogP contribution in [0.1, 0.15) is 82.9 Å². The minimum absolute atomic E-state index is 0.0966. The Balaban J connectivity index is 1.44. The molecular formula is C28H37F2N3O4. The maximum atomic E-state index is 15.8. The Hall–Kier alpha value is -2.81. The zero-order chi connectivity index (χ0) is 27.1. The monoisotopic (exact) mass is 517 g/mol. The third-order valence-electron chi connectivity index (χ3n) is 7.45. The van der Waals surface area contributed by atoms with Crippen molar-refractivity contribution >= 4 is 11.8 Å². The molecule has 37 heavy (non-hydrogen) atoms. The van der Waals surface area contributed by atoms with E-state index >= 15 is 8.78 Å². The molecule has 2 aromatic rings. The van der Waals surface area contributed by atoms with E-state index in [0.717, 1.165) is 10.5 Å². The van der Waals surface area contributed by atoms with Crippen molar-refractivity contribution in [3.63, 3.8) is 0 Å². The zero-order valence-corrected chi connectivity index (χ0v) is 22.0. The number of hydrogen-bond acceptors (Lipinski definition) is 5. The van der Waals surface area contributed by atoms with Crippen LogP contribution in [0.3, 0.4) is 0 Å². The summed E-state index contributed by atoms with van der Waals surface area (Å²) in [5, 5.41) is 18.0. The number of nitrogens with one attached hydrogen (secondary N) is 1. The van der Waals surface area contributed by atoms with Crippen LogP contribution >= 0.6 is 0 Å². The molecule has 2 heterocycles. The third-order valence-corrected chi connectivity index (χ3v) is 7.45. The summed E-state index contributed by atoms with van der Waals surface area (Å²) in [5.41, 5.74) is -2.25. The number of nitrogens with zero attached hydrogens (tertiary/aromatic N) is 2. The second kappa shape index (κ2) is 9.82. The number of aliphatic hydroxyl groups is 1. The lowest BCUT2D eigenvalue weighted by molar-refractivity contribution is -0.231. The molecule has 2 fully saturated rings. The van der Waals surface area contributed by atoms with Crippen LogP contribution in [0.5, 0.6) is 0 Å². The Bertz CT molecular complexity index is 1110. The van der Waals surface area contributed by atoms with Crippen molar-refractivity contribution in [3.8, 4) is 0 Å². The molecule has 0 bridgehead atoms. The summed E-state index contributed by atoms with van der Waals surface area (Å²) < 4.78 is 36.9. The molecule has 1 aliphatic carbocycles. The molecule has 202 valence electrons. The number of amides is 2. The van der Waals surface area contributed by atoms with Gasteiger partial charge in [0, 0.05) is 12.6 Å². The lowest BCUT2D eigenvalue weighted by Gasteiger charge is -2.51. The molecule has 4 rings (SSSR count). The van der Waals surface area contributed by atoms with E-state index < -0.39 is 34.3 Å². The topological polar surface area (TPSA) is 95.7 Å². The summed E-state index contributed by atoms with van der Waals surface area (Å²) >= 11 is 0. The first kappa shape index (κ1) is 27.2. The van der Waals surface area contributed by atoms with Gasteiger partial charge >= 0.3 is 5.92 Å². The van der Waals surface area contributed by atoms with Gasteiger partial charge in [0.05, 0.1) is 19.0 Å². The second-order valence-corrected chi connectivity index (χ2v) is 12.3. The predicted molar refractivity (Wildman–Crippen MR) is 133 cm³/mol. The first-order chi connectivity index (χ1) is 17.2. The van der Waals surface area contributed by atoms with Crippen LogP contribution in [0.4, 0.5) is 8.78 Å². The van der Waals surface area contributed by atoms with Gasteiger partial charge in [0.1, 0.15) is 11.3 Å². The second-order valence-electron chi connectivity index (χ2n) is 12.3. The summed E-state index contributed by atoms with van der Waals surface area (Å²) in [7, 11) is 0. The minimum Gasteiger partial charge on any atom is -0.383 e. The van der Waals surface area contributed by atoms with E-state index in [1.807, 2.05) is 58.0 Å². The molecule has 2 aliphatic rings. The van der Waals surface area contributed by atoms with Gasteiger partial charge in [0.2, 0.25) is 5.91 Å². The van der Waals surface area contributed by atoms with Crippen molar-refractivity contribution in [2.24, 2.45) is 10.8 Å². The normalized spacial score (nSPS) is 22.6. The number of benzene rings is 1. The average Bonchev–Trinajstić information content (AvgIpc) is 3.44. The molecule has 1 aromatic heterocycles. The summed E-state index contributed by atoms with van der Waals surface area (Å²) in [6, 6.07) is 10.2. The Morgan fingerprint density at radius 1 is 1.14 bits per heavy atom. The van der Waals surface area contributed by atoms with E-state index in [1.54, 1.807) is 6.07 Å². The minimum atomic E-state index is -3.94. The van der Waals surface area contributed by atoms with Gasteiger partial charge in [-0.1, -0.05) is 63.2 Å². The van der Waals surface area contributed by atoms with Gasteiger partial charge in [-0.3, -0.25) is 9.59 Å². The van der Waals surface area contributed by atoms with Crippen molar-refractivity contribution in [1.82, 2.24) is 15.4 Å². The largest absolute Gasteiger partial charge is 0.383 e. The number of carbonyl (C=O) groups excluding carboxylic acids is 2. The first-order valence-corrected chi connectivity index (χ1v) is 12.9. The summed E-state index contributed by atoms with van der Waals surface area (Å²) in [6.07, 6.45) is 1.59. The Morgan fingerprint density at radius 2 is 1.78 bits per heavy atom. The summed E-state index contributed by atoms with van der Waals surface area (Å²) in [4.78, 5) is 26.6. The van der Waals surface area contributed by atoms with Gasteiger partial charge in [-0.2, -0.15) is 8.78 Å². The average molecular weight is 518 g/mol. The fourth-order valence-electron chi connectivity index (χ4n) is 6.58. The lowest BCUT2D eigenvalue weighted by Crippen LogP contribution is -2.62. The fourth-order valence-corrected chi connectivity index (χ4v) is 6.58. The van der Waals surface area contributed by atoms with Crippen LogP contribution in [0.2, 0.25) is 0 Å². The third kappa shape index (κ3) is 5.87. The van der Waals surface area contributed by atoms with Gasteiger partial charge in [-0.15, -0.1) is 0 Å². The first-order valence-electron chi connectivity index (χ1n) is 12.9. The molecule has 0 unspecified atom stereocenters. The molecule has 2 amide bonds. The van der Waals surface area contributed by atoms with E-state index in [1.165, 1.54) is 0 Å². The van der Waals surface area contributed by atoms with Gasteiger partial charge in [0.15, 0.2) is 5.76 Å². The van der Waals surface area contributed by atoms with Gasteiger partial charge in [0.25, 0.3) is 5.91 Å². The molecule has 1 aromatic carbocycles. The molecule has 7 nitrogen and oxygen atoms in total. The van der Waals surface area contributed by atoms with E-state index in [2.05, 4.69) is 10.5 Å². The Morgan fingerprint density at radius 3 is 2.43 bits per heavy atom. The smallest absolute Gasteiger partial charge is 0.352 e. The standard InChI is InChI=1S/C28H37F2N3O4/c1-25(2)16-26(3,4)18-27(36,17-25)28(29,30)24(35)33-12-8-11-22(33)21-14-20(37-32-21)15-31-23(34)13-19-9-6-5-7-10-19/h5-7,9-10,14,22,36H,8,11-13,15-18H2,1-4H3,(H,31,34)/t22-/m0/s1. The molecule has 1 atom stereocenters. The van der Waals surface area contributed by atoms with Crippen LogP contribution in [-0.2, 0) is 22.6 Å². The number of halogens is 2. The molecule has 1 aliphatic heterocycles. The molecule has 0 radical (unpaired) electrons. The highest BCUT2D eigenvalue weighted by Crippen LogP contribution is 2.55. The van der Waals surface area contributed by atoms with Crippen LogP contribution in [0, 0.1) is 10.8 Å². The molecule has 0 spiro atoms. The highest BCUT2D eigenvalue weighted by Gasteiger charge is 2.65. The van der Waals surface area contributed by atoms with Crippen molar-refractivity contribution in [1.29, 1.82) is 0 Å². The predicted octanol–water partition coefficient (Wildman–Crippen LogP) is 4.80. The number of likely N-dealkylation sites (tertiary alicyclic amines) is 1. The molecule has 9 heteroatoms. The maximum absolute atomic E-state index is 15.8. The van der Waals surface area contributed by atoms with Crippen LogP contribution < -0.4 is 5.32 Å². The van der Waals surface area contributed by atoms with E-state index in [0.29, 0.717) is 30.7 Å². The Labute approximate surface area is 216 Å². The van der Waals surface area contributed by atoms with Gasteiger partial charge < -0.3 is 19.8 Å². The van der Waals surface area contributed by atoms with Crippen molar-refractivity contribution in [2.75, 3.05) is 6.54 Å². The number of carbonyl (C=O) groups is 2. The number of rotatable bonds is 7.